The van der Waals surface area contributed by atoms with Crippen LogP contribution in [0.25, 0.3) is 5.69 Å². The van der Waals surface area contributed by atoms with Crippen LogP contribution < -0.4 is 10.6 Å². The quantitative estimate of drug-likeness (QED) is 0.586. The van der Waals surface area contributed by atoms with Gasteiger partial charge in [-0.15, -0.1) is 0 Å². The standard InChI is InChI=1S/C22H22F3N7O/c23-22(24,25)19-11-27-20(12-26-19)30-16-2-1-3-17(16)31-21(33)15-10-14(13-4-5-13)6-7-18(15)32-28-8-9-29-32/h6-13,16-17H,1-5H2,(H,27,30)(H,31,33)/t16-,17?/m0/s1. The summed E-state index contributed by atoms with van der Waals surface area (Å²) < 4.78 is 38.2. The van der Waals surface area contributed by atoms with Gasteiger partial charge in [0, 0.05) is 12.1 Å². The van der Waals surface area contributed by atoms with Gasteiger partial charge in [0.05, 0.1) is 36.0 Å². The van der Waals surface area contributed by atoms with E-state index in [1.54, 1.807) is 12.4 Å². The maximum absolute atomic E-state index is 13.3. The van der Waals surface area contributed by atoms with E-state index < -0.39 is 11.9 Å². The fourth-order valence-corrected chi connectivity index (χ4v) is 4.21. The van der Waals surface area contributed by atoms with Crippen LogP contribution in [0.5, 0.6) is 0 Å². The molecule has 2 N–H and O–H groups in total. The van der Waals surface area contributed by atoms with Crippen LogP contribution in [0.2, 0.25) is 0 Å². The topological polar surface area (TPSA) is 97.6 Å². The number of rotatable bonds is 6. The van der Waals surface area contributed by atoms with Crippen molar-refractivity contribution in [3.8, 4) is 5.69 Å². The van der Waals surface area contributed by atoms with E-state index in [0.29, 0.717) is 23.4 Å². The van der Waals surface area contributed by atoms with Crippen molar-refractivity contribution in [3.63, 3.8) is 0 Å². The second-order valence-electron chi connectivity index (χ2n) is 8.42. The third-order valence-electron chi connectivity index (χ3n) is 6.06. The lowest BCUT2D eigenvalue weighted by Gasteiger charge is -2.23. The zero-order valence-corrected chi connectivity index (χ0v) is 17.6. The van der Waals surface area contributed by atoms with Crippen LogP contribution in [0.4, 0.5) is 19.0 Å². The Bertz CT molecular complexity index is 1130. The van der Waals surface area contributed by atoms with Crippen molar-refractivity contribution in [3.05, 3.63) is 59.8 Å². The monoisotopic (exact) mass is 457 g/mol. The van der Waals surface area contributed by atoms with Gasteiger partial charge in [-0.3, -0.25) is 4.79 Å². The van der Waals surface area contributed by atoms with Crippen molar-refractivity contribution in [2.45, 2.75) is 56.3 Å². The third kappa shape index (κ3) is 4.67. The number of hydrogen-bond donors (Lipinski definition) is 2. The minimum atomic E-state index is -4.54. The van der Waals surface area contributed by atoms with Crippen LogP contribution in [0.15, 0.2) is 43.0 Å². The van der Waals surface area contributed by atoms with E-state index in [1.807, 2.05) is 18.2 Å². The molecule has 8 nitrogen and oxygen atoms in total. The van der Waals surface area contributed by atoms with E-state index in [-0.39, 0.29) is 23.8 Å². The number of benzene rings is 1. The van der Waals surface area contributed by atoms with Gasteiger partial charge in [-0.1, -0.05) is 6.07 Å². The molecule has 11 heteroatoms. The summed E-state index contributed by atoms with van der Waals surface area (Å²) in [6, 6.07) is 5.41. The Balaban J connectivity index is 1.32. The maximum atomic E-state index is 13.3. The molecule has 0 bridgehead atoms. The number of aromatic nitrogens is 5. The highest BCUT2D eigenvalue weighted by Crippen LogP contribution is 2.40. The number of carbonyl (C=O) groups is 1. The summed E-state index contributed by atoms with van der Waals surface area (Å²) >= 11 is 0. The van der Waals surface area contributed by atoms with Crippen LogP contribution in [0.3, 0.4) is 0 Å². The van der Waals surface area contributed by atoms with Gasteiger partial charge in [0.1, 0.15) is 5.82 Å². The number of alkyl halides is 3. The van der Waals surface area contributed by atoms with Crippen molar-refractivity contribution in [2.24, 2.45) is 0 Å². The molecule has 2 fully saturated rings. The Morgan fingerprint density at radius 3 is 2.42 bits per heavy atom. The second kappa shape index (κ2) is 8.45. The Hall–Kier alpha value is -3.50. The van der Waals surface area contributed by atoms with Crippen LogP contribution in [0.1, 0.15) is 59.6 Å². The van der Waals surface area contributed by atoms with Gasteiger partial charge in [0.15, 0.2) is 5.69 Å². The number of amides is 1. The molecule has 1 aromatic carbocycles. The number of nitrogens with one attached hydrogen (secondary N) is 2. The van der Waals surface area contributed by atoms with E-state index in [0.717, 1.165) is 43.9 Å². The number of anilines is 1. The lowest BCUT2D eigenvalue weighted by atomic mass is 10.0. The predicted molar refractivity (Wildman–Crippen MR) is 113 cm³/mol. The van der Waals surface area contributed by atoms with Crippen LogP contribution in [-0.2, 0) is 6.18 Å². The molecule has 2 aliphatic rings. The van der Waals surface area contributed by atoms with Gasteiger partial charge >= 0.3 is 6.18 Å². The Morgan fingerprint density at radius 2 is 1.76 bits per heavy atom. The summed E-state index contributed by atoms with van der Waals surface area (Å²) in [6.45, 7) is 0. The zero-order valence-electron chi connectivity index (χ0n) is 17.6. The number of carbonyl (C=O) groups excluding carboxylic acids is 1. The summed E-state index contributed by atoms with van der Waals surface area (Å²) in [6.07, 6.45) is 4.94. The lowest BCUT2D eigenvalue weighted by molar-refractivity contribution is -0.141. The molecule has 2 atom stereocenters. The van der Waals surface area contributed by atoms with E-state index in [2.05, 4.69) is 30.8 Å². The summed E-state index contributed by atoms with van der Waals surface area (Å²) in [5, 5.41) is 14.5. The minimum absolute atomic E-state index is 0.169. The molecule has 1 amide bonds. The molecular weight excluding hydrogens is 435 g/mol. The molecule has 2 aliphatic carbocycles. The van der Waals surface area contributed by atoms with Crippen molar-refractivity contribution in [1.29, 1.82) is 0 Å². The highest BCUT2D eigenvalue weighted by molar-refractivity contribution is 5.98. The SMILES string of the molecule is O=C(NC1CCC[C@@H]1Nc1cnc(C(F)(F)F)cn1)c1cc(C2CC2)ccc1-n1nccn1. The summed E-state index contributed by atoms with van der Waals surface area (Å²) in [4.78, 5) is 22.0. The van der Waals surface area contributed by atoms with Gasteiger partial charge < -0.3 is 10.6 Å². The van der Waals surface area contributed by atoms with Gasteiger partial charge in [-0.25, -0.2) is 9.97 Å². The van der Waals surface area contributed by atoms with E-state index in [1.165, 1.54) is 4.80 Å². The molecule has 0 radical (unpaired) electrons. The molecular formula is C22H22F3N7O. The van der Waals surface area contributed by atoms with E-state index in [9.17, 15) is 18.0 Å². The largest absolute Gasteiger partial charge is 0.434 e. The van der Waals surface area contributed by atoms with Crippen molar-refractivity contribution in [2.75, 3.05) is 5.32 Å². The smallest absolute Gasteiger partial charge is 0.364 e. The molecule has 2 saturated carbocycles. The molecule has 0 saturated heterocycles. The zero-order chi connectivity index (χ0) is 23.0. The molecule has 5 rings (SSSR count). The first-order valence-corrected chi connectivity index (χ1v) is 10.9. The van der Waals surface area contributed by atoms with Gasteiger partial charge in [-0.05, 0) is 55.7 Å². The van der Waals surface area contributed by atoms with E-state index in [4.69, 9.17) is 0 Å². The Kier molecular flexibility index (Phi) is 5.47. The van der Waals surface area contributed by atoms with Crippen LogP contribution >= 0.6 is 0 Å². The average molecular weight is 457 g/mol. The number of hydrogen-bond acceptors (Lipinski definition) is 6. The second-order valence-corrected chi connectivity index (χ2v) is 8.42. The first kappa shape index (κ1) is 21.4. The summed E-state index contributed by atoms with van der Waals surface area (Å²) in [5.74, 6) is 0.489. The first-order chi connectivity index (χ1) is 15.9. The molecule has 0 spiro atoms. The van der Waals surface area contributed by atoms with Gasteiger partial charge in [-0.2, -0.15) is 28.2 Å². The Labute approximate surface area is 187 Å². The number of halogens is 3. The predicted octanol–water partition coefficient (Wildman–Crippen LogP) is 3.72. The molecule has 172 valence electrons. The first-order valence-electron chi connectivity index (χ1n) is 10.9. The lowest BCUT2D eigenvalue weighted by Crippen LogP contribution is -2.43. The van der Waals surface area contributed by atoms with Gasteiger partial charge in [0.25, 0.3) is 5.91 Å². The highest BCUT2D eigenvalue weighted by atomic mass is 19.4. The maximum Gasteiger partial charge on any atom is 0.434 e. The van der Waals surface area contributed by atoms with Crippen LogP contribution in [-0.4, -0.2) is 43.0 Å². The van der Waals surface area contributed by atoms with Crippen molar-refractivity contribution >= 4 is 11.7 Å². The molecule has 1 unspecified atom stereocenters. The minimum Gasteiger partial charge on any atom is -0.364 e. The fraction of sp³-hybridized carbons (Fsp3) is 0.409. The van der Waals surface area contributed by atoms with Crippen LogP contribution in [0, 0.1) is 0 Å². The summed E-state index contributed by atoms with van der Waals surface area (Å²) in [7, 11) is 0. The Morgan fingerprint density at radius 1 is 1.00 bits per heavy atom. The summed E-state index contributed by atoms with van der Waals surface area (Å²) in [5.41, 5.74) is 1.17. The average Bonchev–Trinajstić information content (AvgIpc) is 3.33. The molecule has 33 heavy (non-hydrogen) atoms. The number of nitrogens with zero attached hydrogens (tertiary/aromatic N) is 5. The molecule has 0 aliphatic heterocycles. The molecule has 3 aromatic rings. The molecule has 2 aromatic heterocycles. The third-order valence-corrected chi connectivity index (χ3v) is 6.06. The normalized spacial score (nSPS) is 20.6. The highest BCUT2D eigenvalue weighted by Gasteiger charge is 2.34. The van der Waals surface area contributed by atoms with Crippen molar-refractivity contribution < 1.29 is 18.0 Å². The fourth-order valence-electron chi connectivity index (χ4n) is 4.21. The molecule has 2 heterocycles. The van der Waals surface area contributed by atoms with Crippen molar-refractivity contribution in [1.82, 2.24) is 30.3 Å². The van der Waals surface area contributed by atoms with Gasteiger partial charge in [0.2, 0.25) is 0 Å². The van der Waals surface area contributed by atoms with E-state index >= 15 is 0 Å².